The molecule has 0 amide bonds. The molecule has 0 spiro atoms. The highest BCUT2D eigenvalue weighted by Gasteiger charge is 2.39. The van der Waals surface area contributed by atoms with Crippen LogP contribution >= 0.6 is 11.3 Å². The molecule has 18 heavy (non-hydrogen) atoms. The lowest BCUT2D eigenvalue weighted by atomic mass is 10.0. The fourth-order valence-electron chi connectivity index (χ4n) is 2.63. The standard InChI is InChI=1S/C12H16N4OS/c1-17-12(5-2-3-6-12)11-14-9(16-13)8-4-7-18-10(8)15-11/h4,7H,2-3,5-6,13H2,1H3,(H,14,15,16). The number of anilines is 1. The topological polar surface area (TPSA) is 73.1 Å². The Kier molecular flexibility index (Phi) is 2.93. The van der Waals surface area contributed by atoms with E-state index in [0.717, 1.165) is 41.7 Å². The number of hydrogen-bond donors (Lipinski definition) is 2. The third-order valence-electron chi connectivity index (χ3n) is 3.67. The summed E-state index contributed by atoms with van der Waals surface area (Å²) in [5.74, 6) is 6.99. The zero-order valence-electron chi connectivity index (χ0n) is 10.3. The molecule has 0 atom stereocenters. The van der Waals surface area contributed by atoms with Crippen LogP contribution in [0.1, 0.15) is 31.5 Å². The molecule has 3 N–H and O–H groups in total. The Morgan fingerprint density at radius 1 is 1.39 bits per heavy atom. The van der Waals surface area contributed by atoms with Crippen molar-refractivity contribution >= 4 is 27.4 Å². The number of hydrogen-bond acceptors (Lipinski definition) is 6. The number of ether oxygens (including phenoxy) is 1. The zero-order valence-corrected chi connectivity index (χ0v) is 11.1. The highest BCUT2D eigenvalue weighted by atomic mass is 32.1. The van der Waals surface area contributed by atoms with Gasteiger partial charge in [-0.15, -0.1) is 11.3 Å². The fraction of sp³-hybridized carbons (Fsp3) is 0.500. The first-order chi connectivity index (χ1) is 8.79. The minimum absolute atomic E-state index is 0.330. The van der Waals surface area contributed by atoms with Crippen LogP contribution < -0.4 is 11.3 Å². The second kappa shape index (κ2) is 4.46. The third-order valence-corrected chi connectivity index (χ3v) is 4.48. The number of thiophene rings is 1. The van der Waals surface area contributed by atoms with Crippen molar-refractivity contribution in [3.63, 3.8) is 0 Å². The van der Waals surface area contributed by atoms with Crippen LogP contribution in [0, 0.1) is 0 Å². The molecule has 0 aliphatic heterocycles. The number of nitrogens with zero attached hydrogens (tertiary/aromatic N) is 2. The molecule has 6 heteroatoms. The zero-order chi connectivity index (χ0) is 12.6. The number of hydrazine groups is 1. The predicted molar refractivity (Wildman–Crippen MR) is 72.4 cm³/mol. The summed E-state index contributed by atoms with van der Waals surface area (Å²) < 4.78 is 5.72. The number of aromatic nitrogens is 2. The van der Waals surface area contributed by atoms with E-state index in [1.54, 1.807) is 18.4 Å². The lowest BCUT2D eigenvalue weighted by Gasteiger charge is -2.25. The average Bonchev–Trinajstić information content (AvgIpc) is 3.06. The van der Waals surface area contributed by atoms with E-state index < -0.39 is 0 Å². The number of fused-ring (bicyclic) bond motifs is 1. The van der Waals surface area contributed by atoms with E-state index in [1.165, 1.54) is 0 Å². The van der Waals surface area contributed by atoms with Gasteiger partial charge in [0.25, 0.3) is 0 Å². The van der Waals surface area contributed by atoms with Crippen molar-refractivity contribution in [2.75, 3.05) is 12.5 Å². The molecule has 1 saturated carbocycles. The molecular weight excluding hydrogens is 248 g/mol. The molecule has 0 radical (unpaired) electrons. The maximum atomic E-state index is 5.72. The van der Waals surface area contributed by atoms with Crippen LogP contribution in [-0.2, 0) is 10.3 Å². The fourth-order valence-corrected chi connectivity index (χ4v) is 3.40. The van der Waals surface area contributed by atoms with E-state index >= 15 is 0 Å². The Morgan fingerprint density at radius 2 is 2.17 bits per heavy atom. The largest absolute Gasteiger partial charge is 0.370 e. The Bertz CT molecular complexity index is 562. The highest BCUT2D eigenvalue weighted by molar-refractivity contribution is 7.16. The summed E-state index contributed by atoms with van der Waals surface area (Å²) in [6, 6.07) is 1.98. The number of rotatable bonds is 3. The van der Waals surface area contributed by atoms with Gasteiger partial charge in [0.2, 0.25) is 0 Å². The van der Waals surface area contributed by atoms with Gasteiger partial charge in [0.15, 0.2) is 11.6 Å². The Morgan fingerprint density at radius 3 is 2.83 bits per heavy atom. The van der Waals surface area contributed by atoms with E-state index in [9.17, 15) is 0 Å². The SMILES string of the molecule is COC1(c2nc(NN)c3ccsc3n2)CCCC1. The molecule has 3 rings (SSSR count). The summed E-state index contributed by atoms with van der Waals surface area (Å²) in [7, 11) is 1.74. The molecule has 1 fully saturated rings. The van der Waals surface area contributed by atoms with Gasteiger partial charge in [0, 0.05) is 7.11 Å². The minimum Gasteiger partial charge on any atom is -0.370 e. The number of nitrogens with one attached hydrogen (secondary N) is 1. The quantitative estimate of drug-likeness (QED) is 0.658. The van der Waals surface area contributed by atoms with Crippen LogP contribution in [0.5, 0.6) is 0 Å². The lowest BCUT2D eigenvalue weighted by Crippen LogP contribution is -2.28. The van der Waals surface area contributed by atoms with Gasteiger partial charge in [-0.1, -0.05) is 0 Å². The summed E-state index contributed by atoms with van der Waals surface area (Å²) in [5.41, 5.74) is 2.33. The molecule has 2 aromatic rings. The van der Waals surface area contributed by atoms with Crippen LogP contribution in [0.3, 0.4) is 0 Å². The van der Waals surface area contributed by atoms with Crippen molar-refractivity contribution in [3.05, 3.63) is 17.3 Å². The minimum atomic E-state index is -0.330. The van der Waals surface area contributed by atoms with Gasteiger partial charge in [-0.3, -0.25) is 0 Å². The number of nitrogen functional groups attached to an aromatic ring is 1. The Balaban J connectivity index is 2.16. The smallest absolute Gasteiger partial charge is 0.164 e. The van der Waals surface area contributed by atoms with Gasteiger partial charge in [-0.2, -0.15) is 0 Å². The summed E-state index contributed by atoms with van der Waals surface area (Å²) >= 11 is 1.60. The van der Waals surface area contributed by atoms with E-state index in [-0.39, 0.29) is 5.60 Å². The van der Waals surface area contributed by atoms with Crippen LogP contribution in [0.4, 0.5) is 5.82 Å². The maximum absolute atomic E-state index is 5.72. The molecule has 96 valence electrons. The molecule has 1 aliphatic rings. The van der Waals surface area contributed by atoms with Crippen LogP contribution in [-0.4, -0.2) is 17.1 Å². The Labute approximate surface area is 109 Å². The van der Waals surface area contributed by atoms with Crippen molar-refractivity contribution < 1.29 is 4.74 Å². The van der Waals surface area contributed by atoms with Gasteiger partial charge in [0.05, 0.1) is 5.39 Å². The summed E-state index contributed by atoms with van der Waals surface area (Å²) in [6.45, 7) is 0. The van der Waals surface area contributed by atoms with E-state index in [2.05, 4.69) is 15.4 Å². The van der Waals surface area contributed by atoms with Crippen molar-refractivity contribution in [2.45, 2.75) is 31.3 Å². The molecule has 1 aliphatic carbocycles. The normalized spacial score (nSPS) is 18.3. The molecule has 5 nitrogen and oxygen atoms in total. The van der Waals surface area contributed by atoms with E-state index in [1.807, 2.05) is 11.4 Å². The van der Waals surface area contributed by atoms with Crippen molar-refractivity contribution in [1.82, 2.24) is 9.97 Å². The van der Waals surface area contributed by atoms with Crippen molar-refractivity contribution in [2.24, 2.45) is 5.84 Å². The lowest BCUT2D eigenvalue weighted by molar-refractivity contribution is -0.0158. The van der Waals surface area contributed by atoms with Gasteiger partial charge in [-0.25, -0.2) is 15.8 Å². The summed E-state index contributed by atoms with van der Waals surface area (Å²) in [4.78, 5) is 10.2. The van der Waals surface area contributed by atoms with Crippen LogP contribution in [0.2, 0.25) is 0 Å². The molecular formula is C12H16N4OS. The number of nitrogens with two attached hydrogens (primary N) is 1. The van der Waals surface area contributed by atoms with Crippen molar-refractivity contribution in [1.29, 1.82) is 0 Å². The van der Waals surface area contributed by atoms with Gasteiger partial charge >= 0.3 is 0 Å². The van der Waals surface area contributed by atoms with Crippen molar-refractivity contribution in [3.8, 4) is 0 Å². The predicted octanol–water partition coefficient (Wildman–Crippen LogP) is 2.39. The molecule has 0 aromatic carbocycles. The van der Waals surface area contributed by atoms with Gasteiger partial charge in [0.1, 0.15) is 10.4 Å². The third kappa shape index (κ3) is 1.68. The van der Waals surface area contributed by atoms with Crippen LogP contribution in [0.15, 0.2) is 11.4 Å². The molecule has 2 heterocycles. The first kappa shape index (κ1) is 11.8. The molecule has 2 aromatic heterocycles. The molecule has 0 unspecified atom stereocenters. The monoisotopic (exact) mass is 264 g/mol. The van der Waals surface area contributed by atoms with Crippen LogP contribution in [0.25, 0.3) is 10.2 Å². The Hall–Kier alpha value is -1.24. The second-order valence-corrected chi connectivity index (χ2v) is 5.48. The second-order valence-electron chi connectivity index (χ2n) is 4.59. The van der Waals surface area contributed by atoms with E-state index in [4.69, 9.17) is 10.6 Å². The van der Waals surface area contributed by atoms with Gasteiger partial charge < -0.3 is 10.2 Å². The number of methoxy groups -OCH3 is 1. The van der Waals surface area contributed by atoms with E-state index in [0.29, 0.717) is 5.82 Å². The molecule has 0 bridgehead atoms. The first-order valence-electron chi connectivity index (χ1n) is 6.06. The summed E-state index contributed by atoms with van der Waals surface area (Å²) in [6.07, 6.45) is 4.27. The van der Waals surface area contributed by atoms with Gasteiger partial charge in [-0.05, 0) is 37.1 Å². The first-order valence-corrected chi connectivity index (χ1v) is 6.94. The highest BCUT2D eigenvalue weighted by Crippen LogP contribution is 2.41. The summed E-state index contributed by atoms with van der Waals surface area (Å²) in [5, 5.41) is 2.97. The maximum Gasteiger partial charge on any atom is 0.164 e. The molecule has 0 saturated heterocycles. The average molecular weight is 264 g/mol.